The normalized spacial score (nSPS) is 32.1. The molecule has 4 amide bonds. The van der Waals surface area contributed by atoms with Crippen LogP contribution >= 0.6 is 62.3 Å². The van der Waals surface area contributed by atoms with Crippen LogP contribution in [0.2, 0.25) is 10.0 Å². The topological polar surface area (TPSA) is 104 Å². The second-order valence-corrected chi connectivity index (χ2v) is 13.5. The van der Waals surface area contributed by atoms with Gasteiger partial charge in [-0.2, -0.15) is 0 Å². The van der Waals surface area contributed by atoms with Gasteiger partial charge in [-0.1, -0.05) is 56.8 Å². The highest BCUT2D eigenvalue weighted by Gasteiger charge is 2.76. The molecule has 2 aromatic rings. The fourth-order valence-corrected chi connectivity index (χ4v) is 8.84. The van der Waals surface area contributed by atoms with Gasteiger partial charge in [0.05, 0.1) is 35.1 Å². The van der Waals surface area contributed by atoms with E-state index in [-0.39, 0.29) is 40.7 Å². The number of aryl methyl sites for hydroxylation is 1. The van der Waals surface area contributed by atoms with Crippen LogP contribution in [-0.2, 0) is 19.2 Å². The number of alkyl halides is 3. The Balaban J connectivity index is 1.54. The number of ether oxygens (including phenoxy) is 1. The van der Waals surface area contributed by atoms with Crippen molar-refractivity contribution < 1.29 is 29.0 Å². The first-order valence-corrected chi connectivity index (χ1v) is 15.7. The molecule has 220 valence electrons. The molecule has 3 fully saturated rings. The van der Waals surface area contributed by atoms with Crippen molar-refractivity contribution in [3.63, 3.8) is 0 Å². The number of fused-ring (bicyclic) bond motifs is 4. The van der Waals surface area contributed by atoms with Crippen LogP contribution in [0.25, 0.3) is 0 Å². The Morgan fingerprint density at radius 3 is 2.38 bits per heavy atom. The predicted molar refractivity (Wildman–Crippen MR) is 162 cm³/mol. The number of hydrogen-bond donors (Lipinski definition) is 1. The second kappa shape index (κ2) is 10.1. The van der Waals surface area contributed by atoms with E-state index in [2.05, 4.69) is 15.9 Å². The van der Waals surface area contributed by atoms with Gasteiger partial charge < -0.3 is 9.84 Å². The van der Waals surface area contributed by atoms with Gasteiger partial charge in [-0.15, -0.1) is 23.2 Å². The summed E-state index contributed by atoms with van der Waals surface area (Å²) in [4.78, 5) is 53.6. The van der Waals surface area contributed by atoms with Gasteiger partial charge in [0.2, 0.25) is 11.8 Å². The van der Waals surface area contributed by atoms with Gasteiger partial charge >= 0.3 is 0 Å². The van der Waals surface area contributed by atoms with Crippen molar-refractivity contribution in [3.05, 3.63) is 63.2 Å². The molecule has 0 unspecified atom stereocenters. The largest absolute Gasteiger partial charge is 0.503 e. The van der Waals surface area contributed by atoms with Crippen LogP contribution in [0.1, 0.15) is 29.9 Å². The molecule has 42 heavy (non-hydrogen) atoms. The van der Waals surface area contributed by atoms with Gasteiger partial charge in [0.1, 0.15) is 0 Å². The third-order valence-electron chi connectivity index (χ3n) is 9.03. The zero-order chi connectivity index (χ0) is 30.5. The molecule has 4 aliphatic rings. The summed E-state index contributed by atoms with van der Waals surface area (Å²) in [6, 6.07) is 7.90. The number of phenolic OH excluding ortho intramolecular Hbond substituents is 1. The van der Waals surface area contributed by atoms with E-state index in [9.17, 15) is 24.3 Å². The summed E-state index contributed by atoms with van der Waals surface area (Å²) in [5.74, 6) is -5.87. The van der Waals surface area contributed by atoms with Crippen molar-refractivity contribution in [1.82, 2.24) is 4.90 Å². The van der Waals surface area contributed by atoms with Crippen LogP contribution in [0.4, 0.5) is 5.69 Å². The first kappa shape index (κ1) is 29.8. The molecule has 6 atom stereocenters. The molecule has 2 saturated heterocycles. The first-order chi connectivity index (χ1) is 19.8. The lowest BCUT2D eigenvalue weighted by atomic mass is 9.56. The molecule has 0 spiro atoms. The zero-order valence-corrected chi connectivity index (χ0v) is 26.8. The highest BCUT2D eigenvalue weighted by molar-refractivity contribution is 9.09. The SMILES string of the molecule is COc1cc([C@H]2C3=CC[C@@H]4C(=O)N(c5ccc(C)c(Cl)c5)C(=O)[C@@H]4[C@@H]3C[C@@]3(Cl)C(=O)N(CBr)C(=O)[C@@]23Cl)cc(Cl)c1O. The van der Waals surface area contributed by atoms with Crippen molar-refractivity contribution in [2.75, 3.05) is 17.5 Å². The van der Waals surface area contributed by atoms with Crippen molar-refractivity contribution >= 4 is 91.6 Å². The predicted octanol–water partition coefficient (Wildman–Crippen LogP) is 5.93. The Kier molecular flexibility index (Phi) is 7.17. The van der Waals surface area contributed by atoms with Crippen LogP contribution in [-0.4, -0.2) is 55.9 Å². The average molecular weight is 717 g/mol. The summed E-state index contributed by atoms with van der Waals surface area (Å²) < 4.78 is 5.32. The van der Waals surface area contributed by atoms with E-state index in [0.717, 1.165) is 15.4 Å². The molecule has 2 aromatic carbocycles. The number of hydrogen-bond acceptors (Lipinski definition) is 6. The first-order valence-electron chi connectivity index (χ1n) is 13.0. The number of amides is 4. The molecule has 0 bridgehead atoms. The number of allylic oxidation sites excluding steroid dienone is 2. The molecular formula is C29H23BrCl4N2O6. The lowest BCUT2D eigenvalue weighted by Gasteiger charge is -2.50. The lowest BCUT2D eigenvalue weighted by Crippen LogP contribution is -2.60. The molecule has 2 aliphatic heterocycles. The Morgan fingerprint density at radius 1 is 1.02 bits per heavy atom. The van der Waals surface area contributed by atoms with E-state index < -0.39 is 51.1 Å². The molecule has 13 heteroatoms. The summed E-state index contributed by atoms with van der Waals surface area (Å²) in [5.41, 5.74) is 1.95. The van der Waals surface area contributed by atoms with Gasteiger partial charge in [-0.05, 0) is 61.1 Å². The number of likely N-dealkylation sites (tertiary alicyclic amines) is 1. The van der Waals surface area contributed by atoms with E-state index in [1.807, 2.05) is 13.0 Å². The van der Waals surface area contributed by atoms with E-state index in [1.165, 1.54) is 19.2 Å². The van der Waals surface area contributed by atoms with Crippen LogP contribution in [0.15, 0.2) is 42.0 Å². The summed E-state index contributed by atoms with van der Waals surface area (Å²) in [5, 5.41) is 10.8. The summed E-state index contributed by atoms with van der Waals surface area (Å²) >= 11 is 30.4. The van der Waals surface area contributed by atoms with Gasteiger partial charge in [0.25, 0.3) is 11.8 Å². The fourth-order valence-electron chi connectivity index (χ4n) is 7.02. The number of nitrogens with zero attached hydrogens (tertiary/aromatic N) is 2. The second-order valence-electron chi connectivity index (χ2n) is 11.0. The number of carbonyl (C=O) groups is 4. The number of methoxy groups -OCH3 is 1. The number of phenols is 1. The molecule has 2 heterocycles. The van der Waals surface area contributed by atoms with E-state index in [1.54, 1.807) is 18.2 Å². The third-order valence-corrected chi connectivity index (χ3v) is 11.6. The number of carbonyl (C=O) groups excluding carboxylic acids is 4. The Labute approximate surface area is 269 Å². The van der Waals surface area contributed by atoms with Crippen molar-refractivity contribution in [1.29, 1.82) is 0 Å². The van der Waals surface area contributed by atoms with Crippen LogP contribution in [0.3, 0.4) is 0 Å². The highest BCUT2D eigenvalue weighted by atomic mass is 79.9. The maximum atomic E-state index is 14.1. The molecule has 6 rings (SSSR count). The smallest absolute Gasteiger partial charge is 0.254 e. The maximum absolute atomic E-state index is 14.1. The van der Waals surface area contributed by atoms with Gasteiger partial charge in [0, 0.05) is 10.9 Å². The summed E-state index contributed by atoms with van der Waals surface area (Å²) in [6.45, 7) is 1.82. The third kappa shape index (κ3) is 3.79. The lowest BCUT2D eigenvalue weighted by molar-refractivity contribution is -0.138. The standard InChI is InChI=1S/C29H23BrCl4N2O6/c1-12-3-4-14(9-18(12)31)36-24(38)16-6-5-15-17(21(16)25(36)39)10-28(33)26(40)35(11-30)27(41)29(28,34)22(15)13-7-19(32)23(37)20(8-13)42-2/h3-5,7-9,16-17,21-22,37H,6,10-11H2,1-2H3/t16-,17+,21-,22-,28+,29-/m0/s1. The van der Waals surface area contributed by atoms with Gasteiger partial charge in [-0.25, -0.2) is 4.90 Å². The van der Waals surface area contributed by atoms with E-state index >= 15 is 0 Å². The number of anilines is 1. The van der Waals surface area contributed by atoms with Crippen molar-refractivity contribution in [2.24, 2.45) is 17.8 Å². The minimum atomic E-state index is -2.00. The molecule has 2 aliphatic carbocycles. The summed E-state index contributed by atoms with van der Waals surface area (Å²) in [6.07, 6.45) is 1.86. The minimum Gasteiger partial charge on any atom is -0.503 e. The molecule has 8 nitrogen and oxygen atoms in total. The number of benzene rings is 2. The molecule has 1 N–H and O–H groups in total. The van der Waals surface area contributed by atoms with Crippen LogP contribution in [0.5, 0.6) is 11.5 Å². The highest BCUT2D eigenvalue weighted by Crippen LogP contribution is 2.66. The van der Waals surface area contributed by atoms with E-state index in [0.29, 0.717) is 21.8 Å². The number of halogens is 5. The zero-order valence-electron chi connectivity index (χ0n) is 22.2. The van der Waals surface area contributed by atoms with Crippen molar-refractivity contribution in [3.8, 4) is 11.5 Å². The fraction of sp³-hybridized carbons (Fsp3) is 0.379. The maximum Gasteiger partial charge on any atom is 0.254 e. The van der Waals surface area contributed by atoms with Crippen LogP contribution < -0.4 is 9.64 Å². The monoisotopic (exact) mass is 714 g/mol. The number of aromatic hydroxyl groups is 1. The Hall–Kier alpha value is -2.30. The molecule has 0 aromatic heterocycles. The van der Waals surface area contributed by atoms with Crippen molar-refractivity contribution in [2.45, 2.75) is 35.4 Å². The molecular weight excluding hydrogens is 694 g/mol. The van der Waals surface area contributed by atoms with Gasteiger partial charge in [0.15, 0.2) is 21.2 Å². The molecule has 0 radical (unpaired) electrons. The molecule has 1 saturated carbocycles. The number of rotatable bonds is 4. The quantitative estimate of drug-likeness (QED) is 0.182. The van der Waals surface area contributed by atoms with Crippen LogP contribution in [0, 0.1) is 24.7 Å². The minimum absolute atomic E-state index is 0.0259. The Morgan fingerprint density at radius 2 is 1.74 bits per heavy atom. The number of imide groups is 2. The Bertz CT molecular complexity index is 1630. The van der Waals surface area contributed by atoms with Gasteiger partial charge in [-0.3, -0.25) is 24.1 Å². The summed E-state index contributed by atoms with van der Waals surface area (Å²) in [7, 11) is 1.34. The average Bonchev–Trinajstić information content (AvgIpc) is 3.29. The van der Waals surface area contributed by atoms with E-state index in [4.69, 9.17) is 51.1 Å².